The predicted molar refractivity (Wildman–Crippen MR) is 90.7 cm³/mol. The third kappa shape index (κ3) is 3.65. The molecule has 1 N–H and O–H groups in total. The highest BCUT2D eigenvalue weighted by atomic mass is 17.1. The molecule has 0 saturated carbocycles. The van der Waals surface area contributed by atoms with Gasteiger partial charge < -0.3 is 0 Å². The van der Waals surface area contributed by atoms with E-state index >= 15 is 0 Å². The Kier molecular flexibility index (Phi) is 5.53. The molecule has 0 fully saturated rings. The highest BCUT2D eigenvalue weighted by Crippen LogP contribution is 2.42. The molecule has 0 amide bonds. The number of hydrogen-bond acceptors (Lipinski definition) is 2. The lowest BCUT2D eigenvalue weighted by Gasteiger charge is -2.35. The Hall–Kier alpha value is -1.90. The molecule has 0 aliphatic carbocycles. The van der Waals surface area contributed by atoms with Crippen molar-refractivity contribution in [3.8, 4) is 0 Å². The number of benzene rings is 2. The number of hydrogen-bond donors (Lipinski definition) is 1. The van der Waals surface area contributed by atoms with Gasteiger partial charge in [0.25, 0.3) is 0 Å². The molecule has 2 rings (SSSR count). The second-order valence-corrected chi connectivity index (χ2v) is 6.04. The standard InChI is InChI=1S/C20H24O2/c1-16(2)14-15-19(17-10-6-4-7-11-17)20(3,22-21)18-12-8-5-9-13-18/h4-14,19,21H,15H2,1-3H3. The van der Waals surface area contributed by atoms with E-state index in [1.165, 1.54) is 5.57 Å². The SMILES string of the molecule is CC(C)=CCC(c1ccccc1)C(C)(OO)c1ccccc1. The van der Waals surface area contributed by atoms with Crippen LogP contribution in [-0.2, 0) is 10.5 Å². The van der Waals surface area contributed by atoms with E-state index in [9.17, 15) is 5.26 Å². The van der Waals surface area contributed by atoms with Gasteiger partial charge in [0, 0.05) is 5.92 Å². The molecule has 0 radical (unpaired) electrons. The van der Waals surface area contributed by atoms with E-state index in [2.05, 4.69) is 32.1 Å². The van der Waals surface area contributed by atoms with Gasteiger partial charge in [-0.05, 0) is 38.3 Å². The average molecular weight is 296 g/mol. The summed E-state index contributed by atoms with van der Waals surface area (Å²) in [5, 5.41) is 9.72. The largest absolute Gasteiger partial charge is 0.251 e. The molecule has 116 valence electrons. The number of allylic oxidation sites excluding steroid dienone is 2. The van der Waals surface area contributed by atoms with Crippen molar-refractivity contribution >= 4 is 0 Å². The molecule has 2 aromatic rings. The maximum absolute atomic E-state index is 9.72. The predicted octanol–water partition coefficient (Wildman–Crippen LogP) is 5.53. The first-order chi connectivity index (χ1) is 10.6. The van der Waals surface area contributed by atoms with Gasteiger partial charge in [0.2, 0.25) is 0 Å². The summed E-state index contributed by atoms with van der Waals surface area (Å²) in [4.78, 5) is 5.04. The van der Waals surface area contributed by atoms with Gasteiger partial charge in [-0.2, -0.15) is 0 Å². The zero-order chi connectivity index (χ0) is 16.0. The van der Waals surface area contributed by atoms with E-state index in [4.69, 9.17) is 4.89 Å². The van der Waals surface area contributed by atoms with Gasteiger partial charge in [-0.15, -0.1) is 0 Å². The first kappa shape index (κ1) is 16.5. The summed E-state index contributed by atoms with van der Waals surface area (Å²) < 4.78 is 0. The minimum absolute atomic E-state index is 0.0241. The molecule has 0 saturated heterocycles. The van der Waals surface area contributed by atoms with E-state index in [0.29, 0.717) is 0 Å². The van der Waals surface area contributed by atoms with Crippen LogP contribution < -0.4 is 0 Å². The second-order valence-electron chi connectivity index (χ2n) is 6.04. The van der Waals surface area contributed by atoms with E-state index in [1.54, 1.807) is 0 Å². The van der Waals surface area contributed by atoms with E-state index in [0.717, 1.165) is 17.5 Å². The van der Waals surface area contributed by atoms with Crippen molar-refractivity contribution in [2.75, 3.05) is 0 Å². The van der Waals surface area contributed by atoms with Crippen molar-refractivity contribution < 1.29 is 10.1 Å². The van der Waals surface area contributed by atoms with E-state index in [1.807, 2.05) is 55.5 Å². The molecule has 0 heterocycles. The summed E-state index contributed by atoms with van der Waals surface area (Å²) in [6.45, 7) is 6.11. The molecule has 2 unspecified atom stereocenters. The van der Waals surface area contributed by atoms with E-state index in [-0.39, 0.29) is 5.92 Å². The Balaban J connectivity index is 2.48. The lowest BCUT2D eigenvalue weighted by Crippen LogP contribution is -2.32. The molecule has 2 heteroatoms. The van der Waals surface area contributed by atoms with Gasteiger partial charge in [-0.3, -0.25) is 5.26 Å². The first-order valence-electron chi connectivity index (χ1n) is 7.64. The fourth-order valence-electron chi connectivity index (χ4n) is 2.80. The molecular weight excluding hydrogens is 272 g/mol. The Morgan fingerprint density at radius 2 is 1.59 bits per heavy atom. The maximum atomic E-state index is 9.72. The van der Waals surface area contributed by atoms with Gasteiger partial charge in [-0.1, -0.05) is 72.3 Å². The lowest BCUT2D eigenvalue weighted by atomic mass is 9.76. The highest BCUT2D eigenvalue weighted by Gasteiger charge is 2.38. The van der Waals surface area contributed by atoms with Gasteiger partial charge in [0.15, 0.2) is 0 Å². The smallest absolute Gasteiger partial charge is 0.132 e. The summed E-state index contributed by atoms with van der Waals surface area (Å²) in [5.74, 6) is 0.0241. The van der Waals surface area contributed by atoms with Crippen LogP contribution in [0.5, 0.6) is 0 Å². The fourth-order valence-corrected chi connectivity index (χ4v) is 2.80. The molecule has 0 aliphatic heterocycles. The second kappa shape index (κ2) is 7.39. The third-order valence-corrected chi connectivity index (χ3v) is 4.17. The highest BCUT2D eigenvalue weighted by molar-refractivity contribution is 5.31. The lowest BCUT2D eigenvalue weighted by molar-refractivity contribution is -0.330. The normalized spacial score (nSPS) is 14.9. The minimum Gasteiger partial charge on any atom is -0.251 e. The fraction of sp³-hybridized carbons (Fsp3) is 0.300. The van der Waals surface area contributed by atoms with Crippen molar-refractivity contribution in [3.05, 3.63) is 83.4 Å². The minimum atomic E-state index is -0.797. The van der Waals surface area contributed by atoms with E-state index < -0.39 is 5.60 Å². The summed E-state index contributed by atoms with van der Waals surface area (Å²) in [7, 11) is 0. The van der Waals surface area contributed by atoms with Crippen LogP contribution >= 0.6 is 0 Å². The molecule has 2 atom stereocenters. The zero-order valence-corrected chi connectivity index (χ0v) is 13.5. The topological polar surface area (TPSA) is 29.5 Å². The van der Waals surface area contributed by atoms with Crippen LogP contribution in [0.15, 0.2) is 72.3 Å². The summed E-state index contributed by atoms with van der Waals surface area (Å²) in [5.41, 5.74) is 2.58. The number of rotatable bonds is 6. The Bertz CT molecular complexity index is 600. The van der Waals surface area contributed by atoms with Crippen molar-refractivity contribution in [1.29, 1.82) is 0 Å². The van der Waals surface area contributed by atoms with Crippen molar-refractivity contribution in [2.24, 2.45) is 0 Å². The molecule has 0 bridgehead atoms. The molecule has 22 heavy (non-hydrogen) atoms. The zero-order valence-electron chi connectivity index (χ0n) is 13.5. The van der Waals surface area contributed by atoms with Crippen molar-refractivity contribution in [2.45, 2.75) is 38.7 Å². The van der Waals surface area contributed by atoms with Gasteiger partial charge in [0.1, 0.15) is 5.60 Å². The van der Waals surface area contributed by atoms with Crippen LogP contribution in [0.2, 0.25) is 0 Å². The average Bonchev–Trinajstić information content (AvgIpc) is 2.56. The molecule has 2 aromatic carbocycles. The van der Waals surface area contributed by atoms with Crippen LogP contribution in [0.25, 0.3) is 0 Å². The third-order valence-electron chi connectivity index (χ3n) is 4.17. The molecule has 0 aromatic heterocycles. The monoisotopic (exact) mass is 296 g/mol. The first-order valence-corrected chi connectivity index (χ1v) is 7.64. The van der Waals surface area contributed by atoms with Gasteiger partial charge in [0.05, 0.1) is 0 Å². The Labute approximate surface area is 133 Å². The van der Waals surface area contributed by atoms with Crippen LogP contribution in [0.3, 0.4) is 0 Å². The van der Waals surface area contributed by atoms with Gasteiger partial charge >= 0.3 is 0 Å². The Morgan fingerprint density at radius 1 is 1.05 bits per heavy atom. The molecular formula is C20H24O2. The van der Waals surface area contributed by atoms with Crippen LogP contribution in [-0.4, -0.2) is 5.26 Å². The van der Waals surface area contributed by atoms with Crippen LogP contribution in [0, 0.1) is 0 Å². The molecule has 0 spiro atoms. The molecule has 0 aliphatic rings. The van der Waals surface area contributed by atoms with Gasteiger partial charge in [-0.25, -0.2) is 4.89 Å². The summed E-state index contributed by atoms with van der Waals surface area (Å²) >= 11 is 0. The Morgan fingerprint density at radius 3 is 2.09 bits per heavy atom. The quantitative estimate of drug-likeness (QED) is 0.431. The summed E-state index contributed by atoms with van der Waals surface area (Å²) in [6.07, 6.45) is 3.00. The van der Waals surface area contributed by atoms with Crippen molar-refractivity contribution in [3.63, 3.8) is 0 Å². The van der Waals surface area contributed by atoms with Crippen molar-refractivity contribution in [1.82, 2.24) is 0 Å². The van der Waals surface area contributed by atoms with Crippen LogP contribution in [0.1, 0.15) is 44.2 Å². The molecule has 2 nitrogen and oxygen atoms in total. The maximum Gasteiger partial charge on any atom is 0.132 e. The summed E-state index contributed by atoms with van der Waals surface area (Å²) in [6, 6.07) is 20.1. The van der Waals surface area contributed by atoms with Crippen LogP contribution in [0.4, 0.5) is 0 Å².